The number of benzene rings is 1. The van der Waals surface area contributed by atoms with E-state index in [1.54, 1.807) is 6.20 Å². The highest BCUT2D eigenvalue weighted by Gasteiger charge is 2.23. The minimum Gasteiger partial charge on any atom is -0.490 e. The minimum absolute atomic E-state index is 0.173. The molecule has 2 aromatic rings. The lowest BCUT2D eigenvalue weighted by atomic mass is 9.96. The Kier molecular flexibility index (Phi) is 7.69. The fourth-order valence-corrected chi connectivity index (χ4v) is 4.18. The van der Waals surface area contributed by atoms with Gasteiger partial charge in [0.1, 0.15) is 0 Å². The predicted octanol–water partition coefficient (Wildman–Crippen LogP) is 2.68. The van der Waals surface area contributed by atoms with E-state index in [0.29, 0.717) is 31.4 Å². The summed E-state index contributed by atoms with van der Waals surface area (Å²) < 4.78 is 21.9. The van der Waals surface area contributed by atoms with Crippen LogP contribution < -0.4 is 10.1 Å². The molecule has 9 heteroatoms. The van der Waals surface area contributed by atoms with Crippen molar-refractivity contribution in [1.29, 1.82) is 0 Å². The summed E-state index contributed by atoms with van der Waals surface area (Å²) in [5, 5.41) is 10.7. The van der Waals surface area contributed by atoms with Crippen molar-refractivity contribution in [2.24, 2.45) is 5.92 Å². The summed E-state index contributed by atoms with van der Waals surface area (Å²) in [6.45, 7) is 4.62. The van der Waals surface area contributed by atoms with Crippen LogP contribution in [0.15, 0.2) is 24.4 Å². The van der Waals surface area contributed by atoms with E-state index >= 15 is 0 Å². The molecule has 0 spiro atoms. The maximum absolute atomic E-state index is 14.2. The number of imide groups is 1. The summed E-state index contributed by atoms with van der Waals surface area (Å²) >= 11 is 0. The quantitative estimate of drug-likeness (QED) is 0.389. The van der Waals surface area contributed by atoms with Crippen LogP contribution in [0.2, 0.25) is 0 Å². The number of piperazine rings is 1. The molecule has 2 aliphatic rings. The summed E-state index contributed by atoms with van der Waals surface area (Å²) in [6, 6.07) is 5.16. The Morgan fingerprint density at radius 3 is 2.73 bits per heavy atom. The molecule has 1 atom stereocenters. The Morgan fingerprint density at radius 1 is 1.21 bits per heavy atom. The van der Waals surface area contributed by atoms with Crippen molar-refractivity contribution < 1.29 is 18.7 Å². The Hall–Kier alpha value is -2.81. The Balaban J connectivity index is 1.30. The minimum atomic E-state index is -0.316. The van der Waals surface area contributed by atoms with Crippen LogP contribution in [-0.2, 0) is 22.6 Å². The van der Waals surface area contributed by atoms with Gasteiger partial charge in [0, 0.05) is 12.5 Å². The monoisotopic (exact) mass is 457 g/mol. The van der Waals surface area contributed by atoms with E-state index in [-0.39, 0.29) is 36.6 Å². The Labute approximate surface area is 193 Å². The SMILES string of the molecule is CC[C@@H](Cn1nncc1CCCCN1CC(=O)NC(=O)C1)c1ccc(F)c(OCC2CC2)c1. The number of amides is 2. The number of ether oxygens (including phenoxy) is 1. The summed E-state index contributed by atoms with van der Waals surface area (Å²) in [5.74, 6) is 0.291. The number of hydrogen-bond acceptors (Lipinski definition) is 6. The van der Waals surface area contributed by atoms with Crippen LogP contribution in [0, 0.1) is 11.7 Å². The fourth-order valence-electron chi connectivity index (χ4n) is 4.18. The third kappa shape index (κ3) is 6.60. The lowest BCUT2D eigenvalue weighted by Crippen LogP contribution is -2.51. The summed E-state index contributed by atoms with van der Waals surface area (Å²) in [7, 11) is 0. The number of nitrogens with zero attached hydrogens (tertiary/aromatic N) is 4. The summed E-state index contributed by atoms with van der Waals surface area (Å²) in [5.41, 5.74) is 2.09. The van der Waals surface area contributed by atoms with Gasteiger partial charge in [0.15, 0.2) is 11.6 Å². The molecule has 1 aromatic heterocycles. The predicted molar refractivity (Wildman–Crippen MR) is 120 cm³/mol. The molecular formula is C24H32FN5O3. The highest BCUT2D eigenvalue weighted by Crippen LogP contribution is 2.32. The lowest BCUT2D eigenvalue weighted by molar-refractivity contribution is -0.136. The van der Waals surface area contributed by atoms with Gasteiger partial charge in [-0.05, 0) is 68.7 Å². The lowest BCUT2D eigenvalue weighted by Gasteiger charge is -2.25. The second-order valence-electron chi connectivity index (χ2n) is 9.10. The average molecular weight is 458 g/mol. The molecule has 2 fully saturated rings. The molecule has 1 N–H and O–H groups in total. The van der Waals surface area contributed by atoms with Crippen molar-refractivity contribution in [1.82, 2.24) is 25.2 Å². The third-order valence-electron chi connectivity index (χ3n) is 6.35. The average Bonchev–Trinajstić information content (AvgIpc) is 3.51. The first-order valence-electron chi connectivity index (χ1n) is 11.9. The van der Waals surface area contributed by atoms with Gasteiger partial charge in [0.05, 0.1) is 31.6 Å². The number of carbonyl (C=O) groups is 2. The molecule has 33 heavy (non-hydrogen) atoms. The zero-order chi connectivity index (χ0) is 23.2. The molecule has 1 saturated carbocycles. The smallest absolute Gasteiger partial charge is 0.240 e. The van der Waals surface area contributed by atoms with Gasteiger partial charge in [-0.1, -0.05) is 18.2 Å². The van der Waals surface area contributed by atoms with Crippen LogP contribution in [-0.4, -0.2) is 57.9 Å². The number of nitrogens with one attached hydrogen (secondary N) is 1. The number of aromatic nitrogens is 3. The van der Waals surface area contributed by atoms with E-state index in [2.05, 4.69) is 22.6 Å². The Morgan fingerprint density at radius 2 is 2.00 bits per heavy atom. The van der Waals surface area contributed by atoms with Gasteiger partial charge in [-0.25, -0.2) is 9.07 Å². The molecule has 0 radical (unpaired) electrons. The van der Waals surface area contributed by atoms with E-state index in [1.807, 2.05) is 21.7 Å². The van der Waals surface area contributed by atoms with Gasteiger partial charge >= 0.3 is 0 Å². The number of hydrogen-bond donors (Lipinski definition) is 1. The second kappa shape index (κ2) is 10.9. The molecule has 2 amide bonds. The van der Waals surface area contributed by atoms with Crippen molar-refractivity contribution in [2.75, 3.05) is 26.2 Å². The highest BCUT2D eigenvalue weighted by atomic mass is 19.1. The summed E-state index contributed by atoms with van der Waals surface area (Å²) in [4.78, 5) is 24.8. The van der Waals surface area contributed by atoms with Crippen LogP contribution in [0.5, 0.6) is 5.75 Å². The van der Waals surface area contributed by atoms with Gasteiger partial charge in [-0.2, -0.15) is 0 Å². The zero-order valence-electron chi connectivity index (χ0n) is 19.1. The maximum Gasteiger partial charge on any atom is 0.240 e. The topological polar surface area (TPSA) is 89.4 Å². The molecule has 1 aliphatic heterocycles. The molecule has 1 aliphatic carbocycles. The van der Waals surface area contributed by atoms with Gasteiger partial charge in [0.25, 0.3) is 0 Å². The number of rotatable bonds is 12. The molecule has 178 valence electrons. The molecular weight excluding hydrogens is 425 g/mol. The van der Waals surface area contributed by atoms with Crippen LogP contribution in [0.4, 0.5) is 4.39 Å². The van der Waals surface area contributed by atoms with Crippen LogP contribution >= 0.6 is 0 Å². The summed E-state index contributed by atoms with van der Waals surface area (Å²) in [6.07, 6.45) is 7.61. The van der Waals surface area contributed by atoms with Crippen LogP contribution in [0.3, 0.4) is 0 Å². The second-order valence-corrected chi connectivity index (χ2v) is 9.10. The number of carbonyl (C=O) groups excluding carboxylic acids is 2. The maximum atomic E-state index is 14.2. The molecule has 0 unspecified atom stereocenters. The molecule has 4 rings (SSSR count). The normalized spacial score (nSPS) is 17.8. The van der Waals surface area contributed by atoms with Crippen LogP contribution in [0.1, 0.15) is 56.2 Å². The van der Waals surface area contributed by atoms with Crippen molar-refractivity contribution >= 4 is 11.8 Å². The van der Waals surface area contributed by atoms with Gasteiger partial charge in [-0.15, -0.1) is 5.10 Å². The highest BCUT2D eigenvalue weighted by molar-refractivity contribution is 5.99. The number of unbranched alkanes of at least 4 members (excludes halogenated alkanes) is 1. The first-order chi connectivity index (χ1) is 16.0. The molecule has 1 saturated heterocycles. The van der Waals surface area contributed by atoms with Crippen molar-refractivity contribution in [3.05, 3.63) is 41.5 Å². The van der Waals surface area contributed by atoms with E-state index in [9.17, 15) is 14.0 Å². The van der Waals surface area contributed by atoms with E-state index < -0.39 is 0 Å². The molecule has 8 nitrogen and oxygen atoms in total. The van der Waals surface area contributed by atoms with Gasteiger partial charge < -0.3 is 4.74 Å². The van der Waals surface area contributed by atoms with Crippen LogP contribution in [0.25, 0.3) is 0 Å². The van der Waals surface area contributed by atoms with Crippen molar-refractivity contribution in [3.8, 4) is 5.75 Å². The fraction of sp³-hybridized carbons (Fsp3) is 0.583. The van der Waals surface area contributed by atoms with Crippen molar-refractivity contribution in [3.63, 3.8) is 0 Å². The van der Waals surface area contributed by atoms with E-state index in [0.717, 1.165) is 36.9 Å². The van der Waals surface area contributed by atoms with Crippen molar-refractivity contribution in [2.45, 2.75) is 57.9 Å². The van der Waals surface area contributed by atoms with Gasteiger partial charge in [-0.3, -0.25) is 19.8 Å². The Bertz CT molecular complexity index is 959. The largest absolute Gasteiger partial charge is 0.490 e. The molecule has 1 aromatic carbocycles. The number of halogens is 1. The van der Waals surface area contributed by atoms with E-state index in [4.69, 9.17) is 4.74 Å². The number of aryl methyl sites for hydroxylation is 1. The van der Waals surface area contributed by atoms with Gasteiger partial charge in [0.2, 0.25) is 11.8 Å². The first kappa shape index (κ1) is 23.4. The van der Waals surface area contributed by atoms with E-state index in [1.165, 1.54) is 18.9 Å². The molecule has 2 heterocycles. The zero-order valence-corrected chi connectivity index (χ0v) is 19.1. The standard InChI is InChI=1S/C24H32FN5O3/c1-2-18(19-8-9-21(25)22(11-19)33-16-17-6-7-17)13-30-20(12-26-28-30)5-3-4-10-29-14-23(31)27-24(32)15-29/h8-9,11-12,17-18H,2-7,10,13-16H2,1H3,(H,27,31,32)/t18-/m0/s1. The third-order valence-corrected chi connectivity index (χ3v) is 6.35. The first-order valence-corrected chi connectivity index (χ1v) is 11.9. The molecule has 0 bridgehead atoms.